The predicted octanol–water partition coefficient (Wildman–Crippen LogP) is 4.76. The number of hydrazine groups is 1. The quantitative estimate of drug-likeness (QED) is 0.582. The van der Waals surface area contributed by atoms with E-state index in [1.165, 1.54) is 24.3 Å². The van der Waals surface area contributed by atoms with Gasteiger partial charge in [-0.2, -0.15) is 0 Å². The maximum absolute atomic E-state index is 12.5. The van der Waals surface area contributed by atoms with Crippen LogP contribution in [0.1, 0.15) is 5.56 Å². The summed E-state index contributed by atoms with van der Waals surface area (Å²) in [7, 11) is 0. The van der Waals surface area contributed by atoms with Crippen molar-refractivity contribution in [1.82, 2.24) is 5.43 Å². The minimum absolute atomic E-state index is 0.0507. The highest BCUT2D eigenvalue weighted by Crippen LogP contribution is 2.30. The first-order valence-electron chi connectivity index (χ1n) is 6.64. The average molecular weight is 402 g/mol. The molecule has 4 nitrogen and oxygen atoms in total. The molecular weight excluding hydrogens is 394 g/mol. The summed E-state index contributed by atoms with van der Waals surface area (Å²) >= 11 is 23.7. The molecule has 0 atom stereocenters. The number of anilines is 1. The van der Waals surface area contributed by atoms with Gasteiger partial charge in [0.05, 0.1) is 15.7 Å². The van der Waals surface area contributed by atoms with Gasteiger partial charge < -0.3 is 0 Å². The number of amides is 2. The molecule has 0 unspecified atom stereocenters. The second kappa shape index (κ2) is 6.65. The van der Waals surface area contributed by atoms with Crippen LogP contribution in [0.4, 0.5) is 5.69 Å². The summed E-state index contributed by atoms with van der Waals surface area (Å²) in [6, 6.07) is 9.37. The molecule has 1 N–H and O–H groups in total. The molecule has 3 rings (SSSR count). The summed E-state index contributed by atoms with van der Waals surface area (Å²) in [5, 5.41) is 2.52. The molecular formula is C16H8Cl4N2O2. The Bertz CT molecular complexity index is 896. The lowest BCUT2D eigenvalue weighted by molar-refractivity contribution is -0.117. The largest absolute Gasteiger partial charge is 0.282 e. The number of benzene rings is 2. The van der Waals surface area contributed by atoms with E-state index >= 15 is 0 Å². The molecule has 1 heterocycles. The molecule has 8 heteroatoms. The Morgan fingerprint density at radius 2 is 1.62 bits per heavy atom. The zero-order valence-corrected chi connectivity index (χ0v) is 14.8. The minimum Gasteiger partial charge on any atom is -0.267 e. The Balaban J connectivity index is 1.97. The number of rotatable bonds is 2. The van der Waals surface area contributed by atoms with Crippen LogP contribution in [-0.4, -0.2) is 11.8 Å². The molecule has 0 saturated carbocycles. The molecule has 0 radical (unpaired) electrons. The van der Waals surface area contributed by atoms with Gasteiger partial charge in [-0.05, 0) is 42.0 Å². The molecule has 2 amide bonds. The van der Waals surface area contributed by atoms with Crippen molar-refractivity contribution >= 4 is 70.0 Å². The SMILES string of the molecule is O=C1NN(c2ccc(Cl)c(Cl)c2)C(=O)C1=Cc1ccc(Cl)cc1Cl. The number of hydrogen-bond donors (Lipinski definition) is 1. The van der Waals surface area contributed by atoms with Gasteiger partial charge >= 0.3 is 0 Å². The van der Waals surface area contributed by atoms with Gasteiger partial charge in [0.15, 0.2) is 0 Å². The highest BCUT2D eigenvalue weighted by atomic mass is 35.5. The van der Waals surface area contributed by atoms with E-state index in [2.05, 4.69) is 5.43 Å². The van der Waals surface area contributed by atoms with Gasteiger partial charge in [-0.25, -0.2) is 5.01 Å². The third-order valence-corrected chi connectivity index (χ3v) is 4.62. The number of nitrogens with one attached hydrogen (secondary N) is 1. The van der Waals surface area contributed by atoms with Gasteiger partial charge in [-0.3, -0.25) is 15.0 Å². The van der Waals surface area contributed by atoms with Crippen molar-refractivity contribution in [2.75, 3.05) is 5.01 Å². The van der Waals surface area contributed by atoms with Crippen LogP contribution in [0.3, 0.4) is 0 Å². The lowest BCUT2D eigenvalue weighted by atomic mass is 10.1. The van der Waals surface area contributed by atoms with E-state index in [0.717, 1.165) is 5.01 Å². The Morgan fingerprint density at radius 1 is 0.875 bits per heavy atom. The number of carbonyl (C=O) groups is 2. The fourth-order valence-electron chi connectivity index (χ4n) is 2.14. The summed E-state index contributed by atoms with van der Waals surface area (Å²) in [4.78, 5) is 24.7. The highest BCUT2D eigenvalue weighted by molar-refractivity contribution is 6.42. The molecule has 0 bridgehead atoms. The third kappa shape index (κ3) is 3.23. The van der Waals surface area contributed by atoms with E-state index in [0.29, 0.717) is 26.3 Å². The molecule has 24 heavy (non-hydrogen) atoms. The van der Waals surface area contributed by atoms with Crippen molar-refractivity contribution in [3.63, 3.8) is 0 Å². The smallest absolute Gasteiger partial charge is 0.267 e. The fraction of sp³-hybridized carbons (Fsp3) is 0. The maximum atomic E-state index is 12.5. The van der Waals surface area contributed by atoms with Crippen molar-refractivity contribution in [1.29, 1.82) is 0 Å². The molecule has 2 aromatic carbocycles. The molecule has 2 aromatic rings. The molecule has 0 aliphatic carbocycles. The van der Waals surface area contributed by atoms with Gasteiger partial charge in [0, 0.05) is 10.0 Å². The summed E-state index contributed by atoms with van der Waals surface area (Å²) in [6.45, 7) is 0. The Morgan fingerprint density at radius 3 is 2.29 bits per heavy atom. The first-order valence-corrected chi connectivity index (χ1v) is 8.15. The minimum atomic E-state index is -0.544. The summed E-state index contributed by atoms with van der Waals surface area (Å²) in [5.41, 5.74) is 3.33. The molecule has 1 aliphatic rings. The maximum Gasteiger partial charge on any atom is 0.282 e. The van der Waals surface area contributed by atoms with Crippen molar-refractivity contribution in [3.8, 4) is 0 Å². The first-order chi connectivity index (χ1) is 11.4. The second-order valence-corrected chi connectivity index (χ2v) is 6.56. The van der Waals surface area contributed by atoms with E-state index in [1.807, 2.05) is 0 Å². The topological polar surface area (TPSA) is 49.4 Å². The standard InChI is InChI=1S/C16H8Cl4N2O2/c17-9-2-1-8(13(19)6-9)5-11-15(23)21-22(16(11)24)10-3-4-12(18)14(20)7-10/h1-7H,(H,21,23). The predicted molar refractivity (Wildman–Crippen MR) is 96.5 cm³/mol. The van der Waals surface area contributed by atoms with Gasteiger partial charge in [-0.1, -0.05) is 52.5 Å². The van der Waals surface area contributed by atoms with Gasteiger partial charge in [0.1, 0.15) is 5.57 Å². The van der Waals surface area contributed by atoms with Crippen molar-refractivity contribution in [2.45, 2.75) is 0 Å². The Labute approximate surface area is 157 Å². The van der Waals surface area contributed by atoms with Gasteiger partial charge in [0.25, 0.3) is 11.8 Å². The van der Waals surface area contributed by atoms with Crippen LogP contribution in [0.5, 0.6) is 0 Å². The van der Waals surface area contributed by atoms with E-state index < -0.39 is 11.8 Å². The Kier molecular flexibility index (Phi) is 4.74. The zero-order chi connectivity index (χ0) is 17.4. The highest BCUT2D eigenvalue weighted by Gasteiger charge is 2.34. The molecule has 1 fully saturated rings. The van der Waals surface area contributed by atoms with Crippen LogP contribution in [0.2, 0.25) is 20.1 Å². The van der Waals surface area contributed by atoms with Gasteiger partial charge in [0.2, 0.25) is 0 Å². The molecule has 1 saturated heterocycles. The molecule has 122 valence electrons. The van der Waals surface area contributed by atoms with E-state index in [9.17, 15) is 9.59 Å². The molecule has 0 spiro atoms. The number of carbonyl (C=O) groups excluding carboxylic acids is 2. The van der Waals surface area contributed by atoms with E-state index in [4.69, 9.17) is 46.4 Å². The number of nitrogens with zero attached hydrogens (tertiary/aromatic N) is 1. The monoisotopic (exact) mass is 400 g/mol. The normalized spacial score (nSPS) is 16.0. The Hall–Kier alpha value is -1.72. The zero-order valence-electron chi connectivity index (χ0n) is 11.8. The van der Waals surface area contributed by atoms with Crippen molar-refractivity contribution in [3.05, 3.63) is 67.6 Å². The summed E-state index contributed by atoms with van der Waals surface area (Å²) < 4.78 is 0. The summed E-state index contributed by atoms with van der Waals surface area (Å²) in [5.74, 6) is -1.07. The van der Waals surface area contributed by atoms with E-state index in [-0.39, 0.29) is 10.6 Å². The lowest BCUT2D eigenvalue weighted by Crippen LogP contribution is -2.35. The van der Waals surface area contributed by atoms with Crippen LogP contribution in [0.15, 0.2) is 42.0 Å². The van der Waals surface area contributed by atoms with Crippen molar-refractivity contribution in [2.24, 2.45) is 0 Å². The van der Waals surface area contributed by atoms with Crippen LogP contribution < -0.4 is 10.4 Å². The van der Waals surface area contributed by atoms with Crippen LogP contribution >= 0.6 is 46.4 Å². The fourth-order valence-corrected chi connectivity index (χ4v) is 2.89. The summed E-state index contributed by atoms with van der Waals surface area (Å²) in [6.07, 6.45) is 1.41. The first kappa shape index (κ1) is 17.1. The second-order valence-electron chi connectivity index (χ2n) is 4.90. The van der Waals surface area contributed by atoms with Crippen LogP contribution in [0, 0.1) is 0 Å². The lowest BCUT2D eigenvalue weighted by Gasteiger charge is -2.15. The number of hydrogen-bond acceptors (Lipinski definition) is 2. The molecule has 1 aliphatic heterocycles. The van der Waals surface area contributed by atoms with Crippen molar-refractivity contribution < 1.29 is 9.59 Å². The molecule has 0 aromatic heterocycles. The van der Waals surface area contributed by atoms with Crippen LogP contribution in [-0.2, 0) is 9.59 Å². The average Bonchev–Trinajstić information content (AvgIpc) is 2.80. The van der Waals surface area contributed by atoms with Crippen LogP contribution in [0.25, 0.3) is 6.08 Å². The van der Waals surface area contributed by atoms with E-state index in [1.54, 1.807) is 18.2 Å². The van der Waals surface area contributed by atoms with Gasteiger partial charge in [-0.15, -0.1) is 0 Å². The third-order valence-electron chi connectivity index (χ3n) is 3.32. The number of halogens is 4.